The van der Waals surface area contributed by atoms with E-state index in [0.717, 1.165) is 20.5 Å². The molecule has 4 amide bonds. The molecule has 2 aromatic rings. The van der Waals surface area contributed by atoms with Crippen molar-refractivity contribution in [2.75, 3.05) is 11.9 Å². The average Bonchev–Trinajstić information content (AvgIpc) is 2.87. The minimum absolute atomic E-state index is 0.0162. The van der Waals surface area contributed by atoms with Crippen LogP contribution in [0.4, 0.5) is 10.5 Å². The predicted molar refractivity (Wildman–Crippen MR) is 120 cm³/mol. The molecule has 1 fully saturated rings. The van der Waals surface area contributed by atoms with Gasteiger partial charge in [0.05, 0.1) is 0 Å². The summed E-state index contributed by atoms with van der Waals surface area (Å²) in [5.41, 5.74) is 2.10. The lowest BCUT2D eigenvalue weighted by Crippen LogP contribution is -2.42. The molecule has 1 aliphatic rings. The van der Waals surface area contributed by atoms with E-state index in [-0.39, 0.29) is 12.0 Å². The summed E-state index contributed by atoms with van der Waals surface area (Å²) in [4.78, 5) is 39.0. The normalized spacial score (nSPS) is 19.1. The van der Waals surface area contributed by atoms with Gasteiger partial charge in [-0.3, -0.25) is 14.5 Å². The van der Waals surface area contributed by atoms with Crippen LogP contribution in [0.25, 0.3) is 0 Å². The molecule has 0 radical (unpaired) electrons. The first-order chi connectivity index (χ1) is 13.9. The van der Waals surface area contributed by atoms with Crippen molar-refractivity contribution in [2.24, 2.45) is 0 Å². The molecule has 0 saturated carbocycles. The van der Waals surface area contributed by atoms with E-state index in [0.29, 0.717) is 11.3 Å². The number of amides is 4. The smallest absolute Gasteiger partial charge is 0.324 e. The van der Waals surface area contributed by atoms with Crippen LogP contribution in [0.15, 0.2) is 46.9 Å². The number of hydrogen-bond acceptors (Lipinski definition) is 3. The second-order valence-corrected chi connectivity index (χ2v) is 9.70. The zero-order valence-electron chi connectivity index (χ0n) is 17.8. The van der Waals surface area contributed by atoms with Crippen LogP contribution in [-0.2, 0) is 20.5 Å². The van der Waals surface area contributed by atoms with Crippen molar-refractivity contribution in [2.45, 2.75) is 45.6 Å². The molecule has 6 nitrogen and oxygen atoms in total. The number of urea groups is 1. The van der Waals surface area contributed by atoms with Crippen LogP contribution in [0.1, 0.15) is 44.4 Å². The summed E-state index contributed by atoms with van der Waals surface area (Å²) in [6.07, 6.45) is 0. The summed E-state index contributed by atoms with van der Waals surface area (Å²) in [6.45, 7) is 9.51. The first-order valence-corrected chi connectivity index (χ1v) is 10.5. The van der Waals surface area contributed by atoms with Gasteiger partial charge in [0.15, 0.2) is 0 Å². The third-order valence-corrected chi connectivity index (χ3v) is 5.86. The highest BCUT2D eigenvalue weighted by atomic mass is 79.9. The molecule has 1 atom stereocenters. The summed E-state index contributed by atoms with van der Waals surface area (Å²) in [6, 6.07) is 12.5. The number of benzene rings is 2. The van der Waals surface area contributed by atoms with Crippen LogP contribution in [0.2, 0.25) is 0 Å². The molecule has 0 spiro atoms. The number of imide groups is 1. The Morgan fingerprint density at radius 3 is 2.33 bits per heavy atom. The van der Waals surface area contributed by atoms with Crippen molar-refractivity contribution >= 4 is 39.5 Å². The monoisotopic (exact) mass is 471 g/mol. The molecule has 1 unspecified atom stereocenters. The zero-order chi connectivity index (χ0) is 22.3. The van der Waals surface area contributed by atoms with Gasteiger partial charge in [-0.25, -0.2) is 4.79 Å². The highest BCUT2D eigenvalue weighted by Gasteiger charge is 2.49. The quantitative estimate of drug-likeness (QED) is 0.645. The van der Waals surface area contributed by atoms with Crippen molar-refractivity contribution in [1.29, 1.82) is 0 Å². The number of halogens is 1. The molecular weight excluding hydrogens is 446 g/mol. The first kappa shape index (κ1) is 22.0. The second kappa shape index (κ2) is 7.87. The Hall–Kier alpha value is -2.67. The van der Waals surface area contributed by atoms with Crippen molar-refractivity contribution < 1.29 is 14.4 Å². The Morgan fingerprint density at radius 2 is 1.77 bits per heavy atom. The highest BCUT2D eigenvalue weighted by molar-refractivity contribution is 9.10. The molecule has 0 aliphatic carbocycles. The Morgan fingerprint density at radius 1 is 1.13 bits per heavy atom. The second-order valence-electron chi connectivity index (χ2n) is 8.78. The van der Waals surface area contributed by atoms with Crippen molar-refractivity contribution in [1.82, 2.24) is 10.2 Å². The predicted octanol–water partition coefficient (Wildman–Crippen LogP) is 4.46. The van der Waals surface area contributed by atoms with Gasteiger partial charge in [0.25, 0.3) is 5.91 Å². The number of carbonyl (C=O) groups is 3. The van der Waals surface area contributed by atoms with Gasteiger partial charge >= 0.3 is 6.03 Å². The van der Waals surface area contributed by atoms with Gasteiger partial charge in [0, 0.05) is 10.2 Å². The summed E-state index contributed by atoms with van der Waals surface area (Å²) in [7, 11) is 0. The van der Waals surface area contributed by atoms with Crippen molar-refractivity contribution in [3.8, 4) is 0 Å². The van der Waals surface area contributed by atoms with E-state index < -0.39 is 23.4 Å². The fraction of sp³-hybridized carbons (Fsp3) is 0.348. The van der Waals surface area contributed by atoms with Crippen LogP contribution < -0.4 is 10.6 Å². The summed E-state index contributed by atoms with van der Waals surface area (Å²) in [5, 5.41) is 5.51. The minimum Gasteiger partial charge on any atom is -0.324 e. The maximum Gasteiger partial charge on any atom is 0.325 e. The van der Waals surface area contributed by atoms with E-state index in [1.54, 1.807) is 13.0 Å². The summed E-state index contributed by atoms with van der Waals surface area (Å²) < 4.78 is 0.903. The lowest BCUT2D eigenvalue weighted by atomic mass is 9.84. The average molecular weight is 472 g/mol. The SMILES string of the molecule is Cc1cc(Br)ccc1NC(=O)CN1C(=O)NC(C)(c2ccc(C(C)(C)C)cc2)C1=O. The molecule has 0 aromatic heterocycles. The van der Waals surface area contributed by atoms with E-state index in [1.165, 1.54) is 0 Å². The summed E-state index contributed by atoms with van der Waals surface area (Å²) >= 11 is 3.38. The molecule has 0 bridgehead atoms. The van der Waals surface area contributed by atoms with Gasteiger partial charge in [-0.1, -0.05) is 61.0 Å². The highest BCUT2D eigenvalue weighted by Crippen LogP contribution is 2.31. The van der Waals surface area contributed by atoms with E-state index >= 15 is 0 Å². The van der Waals surface area contributed by atoms with E-state index in [9.17, 15) is 14.4 Å². The van der Waals surface area contributed by atoms with E-state index in [2.05, 4.69) is 47.3 Å². The lowest BCUT2D eigenvalue weighted by molar-refractivity contribution is -0.133. The number of rotatable bonds is 4. The van der Waals surface area contributed by atoms with Crippen LogP contribution in [0.5, 0.6) is 0 Å². The third-order valence-electron chi connectivity index (χ3n) is 5.37. The Balaban J connectivity index is 1.76. The van der Waals surface area contributed by atoms with Crippen LogP contribution >= 0.6 is 15.9 Å². The van der Waals surface area contributed by atoms with Gasteiger partial charge < -0.3 is 10.6 Å². The number of nitrogens with one attached hydrogen (secondary N) is 2. The maximum absolute atomic E-state index is 13.1. The number of carbonyl (C=O) groups excluding carboxylic acids is 3. The molecule has 2 N–H and O–H groups in total. The van der Waals surface area contributed by atoms with Gasteiger partial charge in [-0.05, 0) is 54.2 Å². The standard InChI is InChI=1S/C23H26BrN3O3/c1-14-12-17(24)10-11-18(14)25-19(28)13-27-20(29)23(5,26-21(27)30)16-8-6-15(7-9-16)22(2,3)4/h6-12H,13H2,1-5H3,(H,25,28)(H,26,30). The molecular formula is C23H26BrN3O3. The molecule has 1 saturated heterocycles. The molecule has 30 heavy (non-hydrogen) atoms. The van der Waals surface area contributed by atoms with E-state index in [1.807, 2.05) is 43.3 Å². The molecule has 2 aromatic carbocycles. The molecule has 158 valence electrons. The number of hydrogen-bond donors (Lipinski definition) is 2. The first-order valence-electron chi connectivity index (χ1n) is 9.73. The maximum atomic E-state index is 13.1. The molecule has 1 aliphatic heterocycles. The van der Waals surface area contributed by atoms with Crippen LogP contribution in [-0.4, -0.2) is 29.3 Å². The Labute approximate surface area is 185 Å². The minimum atomic E-state index is -1.21. The van der Waals surface area contributed by atoms with E-state index in [4.69, 9.17) is 0 Å². The van der Waals surface area contributed by atoms with Gasteiger partial charge in [0.2, 0.25) is 5.91 Å². The Kier molecular flexibility index (Phi) is 5.78. The van der Waals surface area contributed by atoms with Crippen molar-refractivity contribution in [3.05, 3.63) is 63.6 Å². The van der Waals surface area contributed by atoms with Crippen molar-refractivity contribution in [3.63, 3.8) is 0 Å². The zero-order valence-corrected chi connectivity index (χ0v) is 19.4. The molecule has 1 heterocycles. The number of anilines is 1. The number of aryl methyl sites for hydroxylation is 1. The van der Waals surface area contributed by atoms with Gasteiger partial charge in [-0.2, -0.15) is 0 Å². The largest absolute Gasteiger partial charge is 0.325 e. The molecule has 7 heteroatoms. The van der Waals surface area contributed by atoms with Gasteiger partial charge in [0.1, 0.15) is 12.1 Å². The lowest BCUT2D eigenvalue weighted by Gasteiger charge is -2.24. The third kappa shape index (κ3) is 4.26. The van der Waals surface area contributed by atoms with Gasteiger partial charge in [-0.15, -0.1) is 0 Å². The topological polar surface area (TPSA) is 78.5 Å². The fourth-order valence-corrected chi connectivity index (χ4v) is 3.92. The Bertz CT molecular complexity index is 1010. The number of nitrogens with zero attached hydrogens (tertiary/aromatic N) is 1. The fourth-order valence-electron chi connectivity index (χ4n) is 3.44. The summed E-state index contributed by atoms with van der Waals surface area (Å²) in [5.74, 6) is -0.880. The van der Waals surface area contributed by atoms with Crippen LogP contribution in [0.3, 0.4) is 0 Å². The molecule has 3 rings (SSSR count). The van der Waals surface area contributed by atoms with Crippen LogP contribution in [0, 0.1) is 6.92 Å².